The van der Waals surface area contributed by atoms with Gasteiger partial charge in [-0.2, -0.15) is 0 Å². The van der Waals surface area contributed by atoms with Crippen molar-refractivity contribution in [1.29, 1.82) is 0 Å². The zero-order chi connectivity index (χ0) is 25.2. The maximum Gasteiger partial charge on any atom is 0.259 e. The number of fused-ring (bicyclic) bond motifs is 1. The van der Waals surface area contributed by atoms with Crippen molar-refractivity contribution in [3.05, 3.63) is 62.6 Å². The van der Waals surface area contributed by atoms with E-state index in [9.17, 15) is 9.59 Å². The summed E-state index contributed by atoms with van der Waals surface area (Å²) in [5, 5.41) is 4.46. The van der Waals surface area contributed by atoms with Gasteiger partial charge in [-0.05, 0) is 44.4 Å². The Hall–Kier alpha value is -3.56. The van der Waals surface area contributed by atoms with Gasteiger partial charge < -0.3 is 9.64 Å². The summed E-state index contributed by atoms with van der Waals surface area (Å²) in [5.74, 6) is 0.297. The minimum atomic E-state index is -0.349. The van der Waals surface area contributed by atoms with Gasteiger partial charge in [0.1, 0.15) is 10.9 Å². The molecular formula is C26H24ClN5O3S. The molecule has 0 bridgehead atoms. The Morgan fingerprint density at radius 1 is 1.17 bits per heavy atom. The summed E-state index contributed by atoms with van der Waals surface area (Å²) >= 11 is 7.52. The molecule has 2 amide bonds. The van der Waals surface area contributed by atoms with Crippen molar-refractivity contribution >= 4 is 52.0 Å². The van der Waals surface area contributed by atoms with Crippen LogP contribution in [0.4, 0.5) is 5.13 Å². The Morgan fingerprint density at radius 3 is 2.83 bits per heavy atom. The molecule has 0 atom stereocenters. The molecule has 8 nitrogen and oxygen atoms in total. The fourth-order valence-corrected chi connectivity index (χ4v) is 5.38. The summed E-state index contributed by atoms with van der Waals surface area (Å²) in [6.45, 7) is 2.58. The number of carbonyl (C=O) groups is 2. The summed E-state index contributed by atoms with van der Waals surface area (Å²) in [4.78, 5) is 40.7. The number of thiazole rings is 1. The van der Waals surface area contributed by atoms with Crippen LogP contribution in [0.5, 0.6) is 5.75 Å². The number of aryl methyl sites for hydroxylation is 1. The minimum absolute atomic E-state index is 0.149. The topological polar surface area (TPSA) is 97.3 Å². The summed E-state index contributed by atoms with van der Waals surface area (Å²) in [5.41, 5.74) is 3.27. The van der Waals surface area contributed by atoms with E-state index in [2.05, 4.69) is 20.3 Å². The number of nitrogens with one attached hydrogen (secondary N) is 1. The van der Waals surface area contributed by atoms with Gasteiger partial charge in [0, 0.05) is 41.7 Å². The third kappa shape index (κ3) is 4.89. The molecule has 0 aromatic carbocycles. The first-order valence-corrected chi connectivity index (χ1v) is 12.8. The first-order chi connectivity index (χ1) is 17.4. The van der Waals surface area contributed by atoms with Gasteiger partial charge in [-0.1, -0.05) is 35.1 Å². The maximum atomic E-state index is 13.4. The molecule has 1 aliphatic heterocycles. The van der Waals surface area contributed by atoms with Gasteiger partial charge in [0.15, 0.2) is 5.13 Å². The van der Waals surface area contributed by atoms with Gasteiger partial charge in [0.25, 0.3) is 5.91 Å². The number of halogens is 1. The van der Waals surface area contributed by atoms with Crippen molar-refractivity contribution in [2.24, 2.45) is 0 Å². The van der Waals surface area contributed by atoms with E-state index in [-0.39, 0.29) is 17.0 Å². The molecule has 4 heterocycles. The Bertz CT molecular complexity index is 1510. The van der Waals surface area contributed by atoms with Gasteiger partial charge in [0.2, 0.25) is 5.91 Å². The van der Waals surface area contributed by atoms with Crippen LogP contribution in [0.3, 0.4) is 0 Å². The number of ether oxygens (including phenoxy) is 1. The molecule has 184 valence electrons. The first-order valence-electron chi connectivity index (χ1n) is 11.6. The van der Waals surface area contributed by atoms with E-state index in [1.54, 1.807) is 6.07 Å². The number of piperidine rings is 1. The number of amides is 2. The van der Waals surface area contributed by atoms with Gasteiger partial charge in [0.05, 0.1) is 28.8 Å². The molecule has 2 aliphatic rings. The Morgan fingerprint density at radius 2 is 2.03 bits per heavy atom. The van der Waals surface area contributed by atoms with Crippen molar-refractivity contribution in [3.8, 4) is 16.9 Å². The number of anilines is 1. The average molecular weight is 522 g/mol. The first kappa shape index (κ1) is 24.1. The molecule has 1 fully saturated rings. The Balaban J connectivity index is 1.47. The van der Waals surface area contributed by atoms with E-state index in [4.69, 9.17) is 16.3 Å². The second-order valence-corrected chi connectivity index (χ2v) is 9.93. The van der Waals surface area contributed by atoms with Crippen molar-refractivity contribution in [2.45, 2.75) is 32.6 Å². The number of allylic oxidation sites excluding steroid dienone is 2. The van der Waals surface area contributed by atoms with Crippen LogP contribution in [0.15, 0.2) is 36.3 Å². The van der Waals surface area contributed by atoms with Crippen molar-refractivity contribution in [1.82, 2.24) is 19.9 Å². The summed E-state index contributed by atoms with van der Waals surface area (Å²) in [6.07, 6.45) is 12.3. The van der Waals surface area contributed by atoms with Crippen LogP contribution in [-0.4, -0.2) is 45.3 Å². The lowest BCUT2D eigenvalue weighted by Gasteiger charge is -2.27. The number of hydrogen-bond acceptors (Lipinski definition) is 7. The number of rotatable bonds is 5. The minimum Gasteiger partial charge on any atom is -0.494 e. The molecule has 3 aromatic rings. The molecule has 1 aliphatic carbocycles. The van der Waals surface area contributed by atoms with Crippen LogP contribution in [0, 0.1) is 6.92 Å². The zero-order valence-electron chi connectivity index (χ0n) is 19.9. The van der Waals surface area contributed by atoms with E-state index in [0.29, 0.717) is 40.4 Å². The molecule has 1 saturated heterocycles. The highest BCUT2D eigenvalue weighted by molar-refractivity contribution is 7.13. The number of pyridine rings is 2. The summed E-state index contributed by atoms with van der Waals surface area (Å²) in [6, 6.07) is 3.48. The summed E-state index contributed by atoms with van der Waals surface area (Å²) < 4.78 is 6.36. The smallest absolute Gasteiger partial charge is 0.259 e. The lowest BCUT2D eigenvalue weighted by atomic mass is 10.0. The average Bonchev–Trinajstić information content (AvgIpc) is 3.13. The third-order valence-corrected chi connectivity index (χ3v) is 7.22. The van der Waals surface area contributed by atoms with Crippen LogP contribution < -0.4 is 19.9 Å². The quantitative estimate of drug-likeness (QED) is 0.514. The number of carbonyl (C=O) groups excluding carboxylic acids is 2. The Labute approximate surface area is 217 Å². The molecule has 36 heavy (non-hydrogen) atoms. The van der Waals surface area contributed by atoms with Crippen LogP contribution in [0.1, 0.15) is 41.7 Å². The van der Waals surface area contributed by atoms with E-state index < -0.39 is 0 Å². The van der Waals surface area contributed by atoms with E-state index >= 15 is 0 Å². The zero-order valence-corrected chi connectivity index (χ0v) is 21.4. The molecule has 0 saturated carbocycles. The predicted octanol–water partition coefficient (Wildman–Crippen LogP) is 3.68. The van der Waals surface area contributed by atoms with Crippen molar-refractivity contribution in [3.63, 3.8) is 0 Å². The summed E-state index contributed by atoms with van der Waals surface area (Å²) in [7, 11) is 1.54. The lowest BCUT2D eigenvalue weighted by molar-refractivity contribution is -0.130. The second kappa shape index (κ2) is 10.2. The number of likely N-dealkylation sites (tertiary alicyclic amines) is 1. The molecule has 0 spiro atoms. The van der Waals surface area contributed by atoms with Crippen LogP contribution in [0.25, 0.3) is 23.3 Å². The monoisotopic (exact) mass is 521 g/mol. The fraction of sp³-hybridized carbons (Fsp3) is 0.269. The Kier molecular flexibility index (Phi) is 6.84. The number of nitrogens with zero attached hydrogens (tertiary/aromatic N) is 4. The van der Waals surface area contributed by atoms with Crippen LogP contribution >= 0.6 is 22.9 Å². The molecule has 1 N–H and O–H groups in total. The molecule has 5 rings (SSSR count). The van der Waals surface area contributed by atoms with Crippen molar-refractivity contribution in [2.75, 3.05) is 19.0 Å². The maximum absolute atomic E-state index is 13.4. The highest BCUT2D eigenvalue weighted by Gasteiger charge is 2.22. The molecule has 10 heteroatoms. The lowest BCUT2D eigenvalue weighted by Crippen LogP contribution is -2.34. The highest BCUT2D eigenvalue weighted by Crippen LogP contribution is 2.34. The molecule has 0 radical (unpaired) electrons. The largest absolute Gasteiger partial charge is 0.494 e. The van der Waals surface area contributed by atoms with E-state index in [0.717, 1.165) is 40.7 Å². The van der Waals surface area contributed by atoms with E-state index in [1.807, 2.05) is 36.1 Å². The van der Waals surface area contributed by atoms with E-state index in [1.165, 1.54) is 30.8 Å². The van der Waals surface area contributed by atoms with Gasteiger partial charge in [-0.25, -0.2) is 9.97 Å². The van der Waals surface area contributed by atoms with Crippen LogP contribution in [-0.2, 0) is 4.79 Å². The number of aromatic nitrogens is 3. The molecule has 3 aromatic heterocycles. The predicted molar refractivity (Wildman–Crippen MR) is 140 cm³/mol. The van der Waals surface area contributed by atoms with Crippen LogP contribution in [0.2, 0.25) is 5.15 Å². The van der Waals surface area contributed by atoms with Gasteiger partial charge in [-0.15, -0.1) is 0 Å². The highest BCUT2D eigenvalue weighted by atomic mass is 35.5. The normalized spacial score (nSPS) is 15.2. The molecule has 0 unspecified atom stereocenters. The SMILES string of the molecule is COc1cnc(Cl)cc1-c1cc(C)ncc1C(=O)Nc1nc2c(s1)=CC(N1CCCCC1=O)=CCC=2. The van der Waals surface area contributed by atoms with Crippen molar-refractivity contribution < 1.29 is 14.3 Å². The van der Waals surface area contributed by atoms with Gasteiger partial charge >= 0.3 is 0 Å². The number of methoxy groups -OCH3 is 1. The van der Waals surface area contributed by atoms with Gasteiger partial charge in [-0.3, -0.25) is 19.9 Å². The second-order valence-electron chi connectivity index (χ2n) is 8.52. The molecular weight excluding hydrogens is 498 g/mol. The number of hydrogen-bond donors (Lipinski definition) is 1. The standard InChI is InChI=1S/C26H24ClN5O3S/c1-15-10-17(18-12-23(27)29-14-21(18)35-2)19(13-28-15)25(34)31-26-30-20-7-5-6-16(11-22(20)36-26)32-9-4-3-8-24(32)33/h6-7,10-14H,3-5,8-9H2,1-2H3,(H,30,31,34). The third-order valence-electron chi connectivity index (χ3n) is 6.08. The fourth-order valence-electron chi connectivity index (χ4n) is 4.32.